The fourth-order valence-corrected chi connectivity index (χ4v) is 5.44. The molecular weight excluding hydrogens is 336 g/mol. The van der Waals surface area contributed by atoms with Gasteiger partial charge in [-0.05, 0) is 90.0 Å². The van der Waals surface area contributed by atoms with E-state index in [9.17, 15) is 0 Å². The monoisotopic (exact) mass is 354 g/mol. The van der Waals surface area contributed by atoms with Crippen molar-refractivity contribution in [3.05, 3.63) is 90.0 Å². The summed E-state index contributed by atoms with van der Waals surface area (Å²) in [5, 5.41) is 13.8. The lowest BCUT2D eigenvalue weighted by Crippen LogP contribution is -1.97. The minimum atomic E-state index is 1.14. The fourth-order valence-electron chi connectivity index (χ4n) is 5.44. The first kappa shape index (κ1) is 14.6. The molecule has 0 amide bonds. The Labute approximate surface area is 163 Å². The van der Waals surface area contributed by atoms with E-state index >= 15 is 0 Å². The maximum atomic E-state index is 2.47. The SMILES string of the molecule is C1=Cc2c(cc3c4cccc5c6ccccc6cc(c6cccc2c36)c54)CC1. The highest BCUT2D eigenvalue weighted by atomic mass is 14.2. The molecule has 0 radical (unpaired) electrons. The van der Waals surface area contributed by atoms with Gasteiger partial charge in [-0.1, -0.05) is 72.8 Å². The Kier molecular flexibility index (Phi) is 2.67. The molecule has 0 bridgehead atoms. The number of hydrogen-bond donors (Lipinski definition) is 0. The van der Waals surface area contributed by atoms with Crippen molar-refractivity contribution in [2.24, 2.45) is 0 Å². The van der Waals surface area contributed by atoms with Crippen LogP contribution >= 0.6 is 0 Å². The summed E-state index contributed by atoms with van der Waals surface area (Å²) in [4.78, 5) is 0. The number of benzene rings is 6. The summed E-state index contributed by atoms with van der Waals surface area (Å²) in [5.41, 5.74) is 2.91. The van der Waals surface area contributed by atoms with E-state index in [1.165, 1.54) is 65.0 Å². The smallest absolute Gasteiger partial charge is 0.00199 e. The summed E-state index contributed by atoms with van der Waals surface area (Å²) < 4.78 is 0. The van der Waals surface area contributed by atoms with E-state index in [4.69, 9.17) is 0 Å². The highest BCUT2D eigenvalue weighted by molar-refractivity contribution is 6.36. The predicted octanol–water partition coefficient (Wildman–Crippen LogP) is 7.85. The average Bonchev–Trinajstić information content (AvgIpc) is 2.77. The van der Waals surface area contributed by atoms with Crippen LogP contribution in [0, 0.1) is 0 Å². The third-order valence-corrected chi connectivity index (χ3v) is 6.62. The molecule has 130 valence electrons. The minimum absolute atomic E-state index is 1.14. The second kappa shape index (κ2) is 5.11. The van der Waals surface area contributed by atoms with Gasteiger partial charge in [0.15, 0.2) is 0 Å². The van der Waals surface area contributed by atoms with Gasteiger partial charge in [-0.3, -0.25) is 0 Å². The zero-order valence-electron chi connectivity index (χ0n) is 15.5. The molecule has 0 fully saturated rings. The van der Waals surface area contributed by atoms with Crippen molar-refractivity contribution in [3.8, 4) is 0 Å². The molecular formula is C28H18. The lowest BCUT2D eigenvalue weighted by atomic mass is 9.83. The van der Waals surface area contributed by atoms with E-state index < -0.39 is 0 Å². The molecule has 0 saturated carbocycles. The molecule has 0 heteroatoms. The van der Waals surface area contributed by atoms with Crippen LogP contribution in [0.25, 0.3) is 59.9 Å². The molecule has 7 rings (SSSR count). The molecule has 0 aromatic heterocycles. The van der Waals surface area contributed by atoms with Gasteiger partial charge in [0.25, 0.3) is 0 Å². The zero-order chi connectivity index (χ0) is 18.2. The highest BCUT2D eigenvalue weighted by Gasteiger charge is 2.18. The third kappa shape index (κ3) is 1.71. The molecule has 6 aromatic rings. The van der Waals surface area contributed by atoms with Crippen LogP contribution in [0.1, 0.15) is 17.5 Å². The Balaban J connectivity index is 1.87. The number of allylic oxidation sites excluding steroid dienone is 1. The molecule has 0 unspecified atom stereocenters. The lowest BCUT2D eigenvalue weighted by Gasteiger charge is -2.20. The summed E-state index contributed by atoms with van der Waals surface area (Å²) in [6, 6.07) is 27.3. The summed E-state index contributed by atoms with van der Waals surface area (Å²) in [7, 11) is 0. The van der Waals surface area contributed by atoms with Crippen LogP contribution in [-0.2, 0) is 6.42 Å². The average molecular weight is 354 g/mol. The zero-order valence-corrected chi connectivity index (χ0v) is 15.5. The Morgan fingerprint density at radius 1 is 0.536 bits per heavy atom. The Morgan fingerprint density at radius 2 is 1.18 bits per heavy atom. The van der Waals surface area contributed by atoms with E-state index in [2.05, 4.69) is 84.9 Å². The number of fused-ring (bicyclic) bond motifs is 6. The van der Waals surface area contributed by atoms with Crippen LogP contribution in [-0.4, -0.2) is 0 Å². The molecule has 0 nitrogen and oxygen atoms in total. The van der Waals surface area contributed by atoms with E-state index in [1.54, 1.807) is 0 Å². The van der Waals surface area contributed by atoms with Gasteiger partial charge in [-0.15, -0.1) is 0 Å². The highest BCUT2D eigenvalue weighted by Crippen LogP contribution is 2.44. The Hall–Kier alpha value is -3.38. The van der Waals surface area contributed by atoms with Gasteiger partial charge in [-0.25, -0.2) is 0 Å². The van der Waals surface area contributed by atoms with Gasteiger partial charge in [-0.2, -0.15) is 0 Å². The molecule has 0 spiro atoms. The maximum absolute atomic E-state index is 2.47. The predicted molar refractivity (Wildman–Crippen MR) is 123 cm³/mol. The van der Waals surface area contributed by atoms with Crippen molar-refractivity contribution < 1.29 is 0 Å². The van der Waals surface area contributed by atoms with E-state index in [0.29, 0.717) is 0 Å². The van der Waals surface area contributed by atoms with Crippen LogP contribution in [0.2, 0.25) is 0 Å². The first-order valence-corrected chi connectivity index (χ1v) is 10.1. The molecule has 0 aliphatic heterocycles. The molecule has 1 aliphatic carbocycles. The van der Waals surface area contributed by atoms with Crippen molar-refractivity contribution in [1.29, 1.82) is 0 Å². The molecule has 0 heterocycles. The van der Waals surface area contributed by atoms with E-state index in [0.717, 1.165) is 12.8 Å². The van der Waals surface area contributed by atoms with Crippen molar-refractivity contribution in [2.45, 2.75) is 12.8 Å². The first-order chi connectivity index (χ1) is 13.9. The van der Waals surface area contributed by atoms with Gasteiger partial charge >= 0.3 is 0 Å². The third-order valence-electron chi connectivity index (χ3n) is 6.62. The van der Waals surface area contributed by atoms with Crippen LogP contribution in [0.5, 0.6) is 0 Å². The Bertz CT molecular complexity index is 1600. The van der Waals surface area contributed by atoms with Gasteiger partial charge < -0.3 is 0 Å². The summed E-state index contributed by atoms with van der Waals surface area (Å²) >= 11 is 0. The fraction of sp³-hybridized carbons (Fsp3) is 0.0714. The summed E-state index contributed by atoms with van der Waals surface area (Å²) in [6.07, 6.45) is 6.93. The second-order valence-electron chi connectivity index (χ2n) is 8.04. The number of rotatable bonds is 0. The van der Waals surface area contributed by atoms with Crippen LogP contribution < -0.4 is 0 Å². The molecule has 1 aliphatic rings. The first-order valence-electron chi connectivity index (χ1n) is 10.1. The minimum Gasteiger partial charge on any atom is -0.0836 e. The van der Waals surface area contributed by atoms with Crippen LogP contribution in [0.4, 0.5) is 0 Å². The second-order valence-corrected chi connectivity index (χ2v) is 8.04. The summed E-state index contributed by atoms with van der Waals surface area (Å²) in [6.45, 7) is 0. The number of aryl methyl sites for hydroxylation is 1. The van der Waals surface area contributed by atoms with Gasteiger partial charge in [0, 0.05) is 0 Å². The van der Waals surface area contributed by atoms with Crippen LogP contribution in [0.15, 0.2) is 78.9 Å². The topological polar surface area (TPSA) is 0 Å². The molecule has 0 N–H and O–H groups in total. The lowest BCUT2D eigenvalue weighted by molar-refractivity contribution is 0.992. The largest absolute Gasteiger partial charge is 0.0836 e. The molecule has 6 aromatic carbocycles. The van der Waals surface area contributed by atoms with E-state index in [1.807, 2.05) is 0 Å². The van der Waals surface area contributed by atoms with Crippen LogP contribution in [0.3, 0.4) is 0 Å². The van der Waals surface area contributed by atoms with Crippen molar-refractivity contribution in [3.63, 3.8) is 0 Å². The standard InChI is InChI=1S/C28H18/c1-3-9-19-17(7-1)15-25-23-13-6-12-22-20-10-4-2-8-18(20)16-26(28(22)23)24-14-5-11-21(19)27(24)25/h1,3-7,9-16H,2,8H2. The quantitative estimate of drug-likeness (QED) is 0.192. The molecule has 28 heavy (non-hydrogen) atoms. The number of hydrogen-bond acceptors (Lipinski definition) is 0. The van der Waals surface area contributed by atoms with Gasteiger partial charge in [0.1, 0.15) is 0 Å². The summed E-state index contributed by atoms with van der Waals surface area (Å²) in [5.74, 6) is 0. The normalized spacial score (nSPS) is 14.0. The van der Waals surface area contributed by atoms with Crippen molar-refractivity contribution >= 4 is 59.9 Å². The van der Waals surface area contributed by atoms with Gasteiger partial charge in [0.05, 0.1) is 0 Å². The van der Waals surface area contributed by atoms with Gasteiger partial charge in [0.2, 0.25) is 0 Å². The van der Waals surface area contributed by atoms with Crippen molar-refractivity contribution in [2.75, 3.05) is 0 Å². The maximum Gasteiger partial charge on any atom is -0.00199 e. The van der Waals surface area contributed by atoms with E-state index in [-0.39, 0.29) is 0 Å². The molecule has 0 atom stereocenters. The Morgan fingerprint density at radius 3 is 2.04 bits per heavy atom. The van der Waals surface area contributed by atoms with Crippen molar-refractivity contribution in [1.82, 2.24) is 0 Å². The molecule has 0 saturated heterocycles.